The number of ether oxygens (including phenoxy) is 1. The highest BCUT2D eigenvalue weighted by molar-refractivity contribution is 7.10. The molecule has 2 rings (SSSR count). The van der Waals surface area contributed by atoms with Crippen molar-refractivity contribution in [3.8, 4) is 0 Å². The minimum atomic E-state index is -0.349. The zero-order chi connectivity index (χ0) is 15.4. The molecule has 0 spiro atoms. The molecule has 0 aliphatic heterocycles. The Morgan fingerprint density at radius 3 is 2.86 bits per heavy atom. The largest absolute Gasteiger partial charge is 0.462 e. The molecule has 6 heteroatoms. The minimum Gasteiger partial charge on any atom is -0.462 e. The zero-order valence-electron chi connectivity index (χ0n) is 12.1. The molecule has 0 saturated heterocycles. The van der Waals surface area contributed by atoms with Crippen LogP contribution in [0.3, 0.4) is 0 Å². The summed E-state index contributed by atoms with van der Waals surface area (Å²) in [5, 5.41) is 4.70. The van der Waals surface area contributed by atoms with Crippen molar-refractivity contribution in [1.82, 2.24) is 4.37 Å². The highest BCUT2D eigenvalue weighted by atomic mass is 35.5. The average molecular weight is 325 g/mol. The van der Waals surface area contributed by atoms with Crippen LogP contribution >= 0.6 is 23.1 Å². The van der Waals surface area contributed by atoms with Crippen LogP contribution in [-0.4, -0.2) is 16.9 Å². The molecule has 0 aliphatic rings. The molecule has 0 fully saturated rings. The standard InChI is InChI=1S/C15H17ClN2O2S/c1-4-20-15(19)13-10(3)18-21-14(13)17-9(2)11-7-5-6-8-12(11)16/h5-9,17H,4H2,1-3H3. The molecule has 1 N–H and O–H groups in total. The van der Waals surface area contributed by atoms with Crippen molar-refractivity contribution in [2.45, 2.75) is 26.8 Å². The van der Waals surface area contributed by atoms with Gasteiger partial charge in [0, 0.05) is 5.02 Å². The second-order valence-corrected chi connectivity index (χ2v) is 5.76. The van der Waals surface area contributed by atoms with Crippen LogP contribution in [0.25, 0.3) is 0 Å². The summed E-state index contributed by atoms with van der Waals surface area (Å²) in [7, 11) is 0. The average Bonchev–Trinajstić information content (AvgIpc) is 2.80. The van der Waals surface area contributed by atoms with Crippen LogP contribution in [0.15, 0.2) is 24.3 Å². The van der Waals surface area contributed by atoms with E-state index in [4.69, 9.17) is 16.3 Å². The SMILES string of the molecule is CCOC(=O)c1c(C)nsc1NC(C)c1ccccc1Cl. The van der Waals surface area contributed by atoms with E-state index >= 15 is 0 Å². The number of esters is 1. The zero-order valence-corrected chi connectivity index (χ0v) is 13.7. The summed E-state index contributed by atoms with van der Waals surface area (Å²) in [5.41, 5.74) is 2.15. The second kappa shape index (κ2) is 6.91. The quantitative estimate of drug-likeness (QED) is 0.825. The first kappa shape index (κ1) is 15.8. The Hall–Kier alpha value is -1.59. The highest BCUT2D eigenvalue weighted by Crippen LogP contribution is 2.31. The van der Waals surface area contributed by atoms with Gasteiger partial charge in [0.05, 0.1) is 18.3 Å². The van der Waals surface area contributed by atoms with E-state index in [1.54, 1.807) is 13.8 Å². The Morgan fingerprint density at radius 2 is 2.19 bits per heavy atom. The van der Waals surface area contributed by atoms with Crippen molar-refractivity contribution < 1.29 is 9.53 Å². The van der Waals surface area contributed by atoms with Gasteiger partial charge in [-0.3, -0.25) is 0 Å². The molecule has 1 aromatic heterocycles. The number of carbonyl (C=O) groups excluding carboxylic acids is 1. The smallest absolute Gasteiger partial charge is 0.343 e. The lowest BCUT2D eigenvalue weighted by molar-refractivity contribution is 0.0527. The number of rotatable bonds is 5. The van der Waals surface area contributed by atoms with Crippen molar-refractivity contribution in [2.75, 3.05) is 11.9 Å². The van der Waals surface area contributed by atoms with E-state index in [0.717, 1.165) is 5.56 Å². The third kappa shape index (κ3) is 3.54. The van der Waals surface area contributed by atoms with E-state index in [-0.39, 0.29) is 12.0 Å². The van der Waals surface area contributed by atoms with Gasteiger partial charge in [0.2, 0.25) is 0 Å². The molecular weight excluding hydrogens is 308 g/mol. The molecular formula is C15H17ClN2O2S. The topological polar surface area (TPSA) is 51.2 Å². The summed E-state index contributed by atoms with van der Waals surface area (Å²) in [6.45, 7) is 5.92. The van der Waals surface area contributed by atoms with Crippen molar-refractivity contribution >= 4 is 34.1 Å². The molecule has 4 nitrogen and oxygen atoms in total. The van der Waals surface area contributed by atoms with Crippen LogP contribution in [0, 0.1) is 6.92 Å². The number of aromatic nitrogens is 1. The number of hydrogen-bond donors (Lipinski definition) is 1. The van der Waals surface area contributed by atoms with E-state index < -0.39 is 0 Å². The minimum absolute atomic E-state index is 0.0354. The molecule has 0 saturated carbocycles. The number of anilines is 1. The Labute approximate surface area is 133 Å². The van der Waals surface area contributed by atoms with Crippen LogP contribution in [0.1, 0.15) is 41.5 Å². The van der Waals surface area contributed by atoms with Crippen LogP contribution in [-0.2, 0) is 4.74 Å². The molecule has 112 valence electrons. The third-order valence-electron chi connectivity index (χ3n) is 3.06. The number of carbonyl (C=O) groups is 1. The molecule has 0 amide bonds. The van der Waals surface area contributed by atoms with Gasteiger partial charge in [-0.15, -0.1) is 0 Å². The first-order valence-corrected chi connectivity index (χ1v) is 7.84. The summed E-state index contributed by atoms with van der Waals surface area (Å²) >= 11 is 7.45. The van der Waals surface area contributed by atoms with Gasteiger partial charge in [0.25, 0.3) is 0 Å². The lowest BCUT2D eigenvalue weighted by atomic mass is 10.1. The van der Waals surface area contributed by atoms with E-state index in [1.165, 1.54) is 11.5 Å². The number of nitrogens with one attached hydrogen (secondary N) is 1. The third-order valence-corrected chi connectivity index (χ3v) is 4.28. The molecule has 2 aromatic rings. The van der Waals surface area contributed by atoms with Crippen LogP contribution in [0.4, 0.5) is 5.00 Å². The molecule has 1 heterocycles. The van der Waals surface area contributed by atoms with Gasteiger partial charge >= 0.3 is 5.97 Å². The molecule has 1 aromatic carbocycles. The Kier molecular flexibility index (Phi) is 5.20. The van der Waals surface area contributed by atoms with Gasteiger partial charge < -0.3 is 10.1 Å². The van der Waals surface area contributed by atoms with Crippen molar-refractivity contribution in [3.63, 3.8) is 0 Å². The predicted molar refractivity (Wildman–Crippen MR) is 86.3 cm³/mol. The van der Waals surface area contributed by atoms with Gasteiger partial charge in [-0.25, -0.2) is 4.79 Å². The fourth-order valence-electron chi connectivity index (χ4n) is 2.01. The van der Waals surface area contributed by atoms with Crippen molar-refractivity contribution in [1.29, 1.82) is 0 Å². The van der Waals surface area contributed by atoms with Crippen LogP contribution < -0.4 is 5.32 Å². The number of benzene rings is 1. The summed E-state index contributed by atoms with van der Waals surface area (Å²) in [4.78, 5) is 12.0. The predicted octanol–water partition coefficient (Wildman–Crippen LogP) is 4.45. The maximum atomic E-state index is 12.0. The molecule has 0 radical (unpaired) electrons. The van der Waals surface area contributed by atoms with E-state index in [2.05, 4.69) is 9.69 Å². The molecule has 1 unspecified atom stereocenters. The van der Waals surface area contributed by atoms with Crippen LogP contribution in [0.2, 0.25) is 5.02 Å². The van der Waals surface area contributed by atoms with Gasteiger partial charge in [0.15, 0.2) is 0 Å². The normalized spacial score (nSPS) is 12.0. The molecule has 0 aliphatic carbocycles. The Bertz CT molecular complexity index is 642. The second-order valence-electron chi connectivity index (χ2n) is 4.58. The number of halogens is 1. The number of hydrogen-bond acceptors (Lipinski definition) is 5. The maximum absolute atomic E-state index is 12.0. The lowest BCUT2D eigenvalue weighted by Crippen LogP contribution is -2.12. The molecule has 1 atom stereocenters. The fourth-order valence-corrected chi connectivity index (χ4v) is 3.18. The van der Waals surface area contributed by atoms with Gasteiger partial charge in [-0.2, -0.15) is 4.37 Å². The van der Waals surface area contributed by atoms with Crippen molar-refractivity contribution in [3.05, 3.63) is 46.1 Å². The maximum Gasteiger partial charge on any atom is 0.343 e. The molecule has 0 bridgehead atoms. The van der Waals surface area contributed by atoms with E-state index in [1.807, 2.05) is 31.2 Å². The summed E-state index contributed by atoms with van der Waals surface area (Å²) in [6, 6.07) is 7.59. The summed E-state index contributed by atoms with van der Waals surface area (Å²) < 4.78 is 9.31. The monoisotopic (exact) mass is 324 g/mol. The fraction of sp³-hybridized carbons (Fsp3) is 0.333. The van der Waals surface area contributed by atoms with Crippen LogP contribution in [0.5, 0.6) is 0 Å². The highest BCUT2D eigenvalue weighted by Gasteiger charge is 2.21. The van der Waals surface area contributed by atoms with E-state index in [0.29, 0.717) is 27.9 Å². The lowest BCUT2D eigenvalue weighted by Gasteiger charge is -2.16. The van der Waals surface area contributed by atoms with Gasteiger partial charge in [-0.1, -0.05) is 29.8 Å². The number of aryl methyl sites for hydroxylation is 1. The van der Waals surface area contributed by atoms with Crippen molar-refractivity contribution in [2.24, 2.45) is 0 Å². The summed E-state index contributed by atoms with van der Waals surface area (Å²) in [6.07, 6.45) is 0. The molecule has 21 heavy (non-hydrogen) atoms. The first-order chi connectivity index (χ1) is 10.0. The van der Waals surface area contributed by atoms with Gasteiger partial charge in [0.1, 0.15) is 10.6 Å². The Morgan fingerprint density at radius 1 is 1.48 bits per heavy atom. The first-order valence-electron chi connectivity index (χ1n) is 6.69. The Balaban J connectivity index is 2.24. The number of nitrogens with zero attached hydrogens (tertiary/aromatic N) is 1. The summed E-state index contributed by atoms with van der Waals surface area (Å²) in [5.74, 6) is -0.349. The van der Waals surface area contributed by atoms with E-state index in [9.17, 15) is 4.79 Å². The van der Waals surface area contributed by atoms with Gasteiger partial charge in [-0.05, 0) is 43.9 Å².